The first-order chi connectivity index (χ1) is 12.9. The fourth-order valence-electron chi connectivity index (χ4n) is 3.18. The molecule has 2 N–H and O–H groups in total. The van der Waals surface area contributed by atoms with Gasteiger partial charge in [0.2, 0.25) is 11.8 Å². The highest BCUT2D eigenvalue weighted by molar-refractivity contribution is 5.79. The Bertz CT molecular complexity index is 776. The summed E-state index contributed by atoms with van der Waals surface area (Å²) in [5.41, 5.74) is 0.847. The van der Waals surface area contributed by atoms with E-state index >= 15 is 0 Å². The van der Waals surface area contributed by atoms with Crippen molar-refractivity contribution in [2.75, 3.05) is 20.2 Å². The SMILES string of the molecule is COc1ccc(CC(=O)NC2CNCC2c2ccc(C(F)(F)F)cc2)cn1. The van der Waals surface area contributed by atoms with Gasteiger partial charge in [-0.3, -0.25) is 4.79 Å². The first kappa shape index (κ1) is 19.2. The number of nitrogens with one attached hydrogen (secondary N) is 2. The van der Waals surface area contributed by atoms with Crippen molar-refractivity contribution in [3.05, 3.63) is 59.3 Å². The van der Waals surface area contributed by atoms with Crippen molar-refractivity contribution < 1.29 is 22.7 Å². The number of rotatable bonds is 5. The lowest BCUT2D eigenvalue weighted by atomic mass is 9.93. The Morgan fingerprint density at radius 3 is 2.56 bits per heavy atom. The first-order valence-electron chi connectivity index (χ1n) is 8.53. The number of aromatic nitrogens is 1. The van der Waals surface area contributed by atoms with Gasteiger partial charge in [-0.2, -0.15) is 13.2 Å². The van der Waals surface area contributed by atoms with E-state index in [1.165, 1.54) is 19.2 Å². The fourth-order valence-corrected chi connectivity index (χ4v) is 3.18. The summed E-state index contributed by atoms with van der Waals surface area (Å²) in [6.45, 7) is 1.17. The minimum atomic E-state index is -4.35. The van der Waals surface area contributed by atoms with Crippen LogP contribution < -0.4 is 15.4 Å². The van der Waals surface area contributed by atoms with Crippen molar-refractivity contribution in [1.82, 2.24) is 15.6 Å². The molecular weight excluding hydrogens is 359 g/mol. The zero-order valence-electron chi connectivity index (χ0n) is 14.7. The molecule has 27 heavy (non-hydrogen) atoms. The van der Waals surface area contributed by atoms with Crippen LogP contribution in [0.15, 0.2) is 42.6 Å². The topological polar surface area (TPSA) is 63.2 Å². The van der Waals surface area contributed by atoms with Gasteiger partial charge in [0, 0.05) is 37.3 Å². The van der Waals surface area contributed by atoms with Gasteiger partial charge in [0.25, 0.3) is 0 Å². The number of pyridine rings is 1. The minimum Gasteiger partial charge on any atom is -0.481 e. The van der Waals surface area contributed by atoms with E-state index in [1.54, 1.807) is 18.3 Å². The highest BCUT2D eigenvalue weighted by Gasteiger charge is 2.32. The normalized spacial score (nSPS) is 19.7. The fraction of sp³-hybridized carbons (Fsp3) is 0.368. The number of hydrogen-bond donors (Lipinski definition) is 2. The molecule has 1 saturated heterocycles. The van der Waals surface area contributed by atoms with Crippen molar-refractivity contribution in [1.29, 1.82) is 0 Å². The number of carbonyl (C=O) groups excluding carboxylic acids is 1. The van der Waals surface area contributed by atoms with Crippen LogP contribution in [0.5, 0.6) is 5.88 Å². The number of amides is 1. The number of carbonyl (C=O) groups is 1. The molecule has 1 aliphatic heterocycles. The van der Waals surface area contributed by atoms with Gasteiger partial charge in [0.15, 0.2) is 0 Å². The van der Waals surface area contributed by atoms with Gasteiger partial charge in [-0.05, 0) is 23.3 Å². The summed E-state index contributed by atoms with van der Waals surface area (Å²) in [6, 6.07) is 8.39. The summed E-state index contributed by atoms with van der Waals surface area (Å²) in [4.78, 5) is 16.4. The molecule has 1 aromatic heterocycles. The minimum absolute atomic E-state index is 0.0785. The maximum absolute atomic E-state index is 12.7. The van der Waals surface area contributed by atoms with Crippen molar-refractivity contribution >= 4 is 5.91 Å². The molecule has 144 valence electrons. The molecule has 1 fully saturated rings. The first-order valence-corrected chi connectivity index (χ1v) is 8.53. The van der Waals surface area contributed by atoms with Crippen LogP contribution >= 0.6 is 0 Å². The molecule has 0 bridgehead atoms. The molecule has 2 unspecified atom stereocenters. The molecule has 3 rings (SSSR count). The molecule has 0 saturated carbocycles. The predicted molar refractivity (Wildman–Crippen MR) is 93.5 cm³/mol. The van der Waals surface area contributed by atoms with Crippen LogP contribution in [0.1, 0.15) is 22.6 Å². The third-order valence-corrected chi connectivity index (χ3v) is 4.60. The molecule has 0 radical (unpaired) electrons. The average Bonchev–Trinajstić information content (AvgIpc) is 3.09. The standard InChI is InChI=1S/C19H20F3N3O2/c1-27-18-7-2-12(9-24-18)8-17(26)25-16-11-23-10-15(16)13-3-5-14(6-4-13)19(20,21)22/h2-7,9,15-16,23H,8,10-11H2,1H3,(H,25,26). The zero-order valence-corrected chi connectivity index (χ0v) is 14.7. The Morgan fingerprint density at radius 1 is 1.22 bits per heavy atom. The maximum atomic E-state index is 12.7. The van der Waals surface area contributed by atoms with E-state index in [4.69, 9.17) is 4.74 Å². The summed E-state index contributed by atoms with van der Waals surface area (Å²) < 4.78 is 43.1. The van der Waals surface area contributed by atoms with E-state index in [1.807, 2.05) is 0 Å². The van der Waals surface area contributed by atoms with Crippen LogP contribution in [0, 0.1) is 0 Å². The molecule has 1 amide bonds. The van der Waals surface area contributed by atoms with Crippen molar-refractivity contribution in [3.8, 4) is 5.88 Å². The second-order valence-corrected chi connectivity index (χ2v) is 6.44. The molecule has 8 heteroatoms. The Kier molecular flexibility index (Phi) is 5.65. The van der Waals surface area contributed by atoms with Gasteiger partial charge < -0.3 is 15.4 Å². The lowest BCUT2D eigenvalue weighted by Crippen LogP contribution is -2.40. The Morgan fingerprint density at radius 2 is 1.96 bits per heavy atom. The predicted octanol–water partition coefficient (Wildman–Crippen LogP) is 2.52. The Labute approximate surface area is 154 Å². The van der Waals surface area contributed by atoms with E-state index in [0.717, 1.165) is 23.3 Å². The number of alkyl halides is 3. The molecule has 1 aliphatic rings. The van der Waals surface area contributed by atoms with Crippen LogP contribution in [-0.2, 0) is 17.4 Å². The lowest BCUT2D eigenvalue weighted by molar-refractivity contribution is -0.137. The summed E-state index contributed by atoms with van der Waals surface area (Å²) in [6.07, 6.45) is -2.60. The van der Waals surface area contributed by atoms with Crippen molar-refractivity contribution in [2.45, 2.75) is 24.6 Å². The lowest BCUT2D eigenvalue weighted by Gasteiger charge is -2.21. The van der Waals surface area contributed by atoms with Crippen LogP contribution in [0.25, 0.3) is 0 Å². The smallest absolute Gasteiger partial charge is 0.416 e. The van der Waals surface area contributed by atoms with Crippen LogP contribution in [-0.4, -0.2) is 37.1 Å². The highest BCUT2D eigenvalue weighted by atomic mass is 19.4. The average molecular weight is 379 g/mol. The molecule has 0 spiro atoms. The van der Waals surface area contributed by atoms with Crippen molar-refractivity contribution in [2.24, 2.45) is 0 Å². The summed E-state index contributed by atoms with van der Waals surface area (Å²) in [7, 11) is 1.52. The number of halogens is 3. The highest BCUT2D eigenvalue weighted by Crippen LogP contribution is 2.31. The van der Waals surface area contributed by atoms with E-state index in [-0.39, 0.29) is 24.3 Å². The molecular formula is C19H20F3N3O2. The van der Waals surface area contributed by atoms with Gasteiger partial charge in [0.05, 0.1) is 19.1 Å². The van der Waals surface area contributed by atoms with Gasteiger partial charge in [0.1, 0.15) is 0 Å². The molecule has 2 atom stereocenters. The second-order valence-electron chi connectivity index (χ2n) is 6.44. The molecule has 0 aliphatic carbocycles. The largest absolute Gasteiger partial charge is 0.481 e. The maximum Gasteiger partial charge on any atom is 0.416 e. The van der Waals surface area contributed by atoms with Gasteiger partial charge >= 0.3 is 6.18 Å². The summed E-state index contributed by atoms with van der Waals surface area (Å²) in [5, 5.41) is 6.15. The van der Waals surface area contributed by atoms with E-state index in [0.29, 0.717) is 19.0 Å². The number of ether oxygens (including phenoxy) is 1. The zero-order chi connectivity index (χ0) is 19.4. The van der Waals surface area contributed by atoms with Crippen LogP contribution in [0.2, 0.25) is 0 Å². The third-order valence-electron chi connectivity index (χ3n) is 4.60. The van der Waals surface area contributed by atoms with Crippen molar-refractivity contribution in [3.63, 3.8) is 0 Å². The van der Waals surface area contributed by atoms with E-state index in [9.17, 15) is 18.0 Å². The molecule has 5 nitrogen and oxygen atoms in total. The molecule has 2 heterocycles. The molecule has 1 aromatic carbocycles. The van der Waals surface area contributed by atoms with Gasteiger partial charge in [-0.25, -0.2) is 4.98 Å². The Balaban J connectivity index is 1.62. The van der Waals surface area contributed by atoms with Crippen LogP contribution in [0.3, 0.4) is 0 Å². The third kappa shape index (κ3) is 4.77. The van der Waals surface area contributed by atoms with Gasteiger partial charge in [-0.1, -0.05) is 18.2 Å². The Hall–Kier alpha value is -2.61. The van der Waals surface area contributed by atoms with E-state index < -0.39 is 11.7 Å². The summed E-state index contributed by atoms with van der Waals surface area (Å²) in [5.74, 6) is 0.235. The number of benzene rings is 1. The van der Waals surface area contributed by atoms with E-state index in [2.05, 4.69) is 15.6 Å². The number of hydrogen-bond acceptors (Lipinski definition) is 4. The monoisotopic (exact) mass is 379 g/mol. The van der Waals surface area contributed by atoms with Gasteiger partial charge in [-0.15, -0.1) is 0 Å². The molecule has 2 aromatic rings. The summed E-state index contributed by atoms with van der Waals surface area (Å²) >= 11 is 0. The number of nitrogens with zero attached hydrogens (tertiary/aromatic N) is 1. The number of methoxy groups -OCH3 is 1. The second kappa shape index (κ2) is 7.96. The van der Waals surface area contributed by atoms with Crippen LogP contribution in [0.4, 0.5) is 13.2 Å². The quantitative estimate of drug-likeness (QED) is 0.838.